The number of amides is 1. The first-order chi connectivity index (χ1) is 15.2. The molecule has 2 aromatic rings. The van der Waals surface area contributed by atoms with E-state index in [1.807, 2.05) is 0 Å². The zero-order valence-electron chi connectivity index (χ0n) is 19.1. The lowest BCUT2D eigenvalue weighted by molar-refractivity contribution is -0.116. The number of aromatic nitrogens is 3. The van der Waals surface area contributed by atoms with Crippen LogP contribution in [0.4, 0.5) is 5.82 Å². The van der Waals surface area contributed by atoms with E-state index in [4.69, 9.17) is 15.2 Å². The molecule has 0 atom stereocenters. The summed E-state index contributed by atoms with van der Waals surface area (Å²) in [5, 5.41) is 9.83. The van der Waals surface area contributed by atoms with Gasteiger partial charge in [0, 0.05) is 43.8 Å². The zero-order valence-corrected chi connectivity index (χ0v) is 19.1. The van der Waals surface area contributed by atoms with Crippen molar-refractivity contribution in [3.8, 4) is 17.3 Å². The fourth-order valence-electron chi connectivity index (χ4n) is 3.55. The molecule has 9 nitrogen and oxygen atoms in total. The zero-order chi connectivity index (χ0) is 23.1. The summed E-state index contributed by atoms with van der Waals surface area (Å²) in [5.41, 5.74) is 7.03. The fraction of sp³-hybridized carbons (Fsp3) is 0.565. The molecule has 3 N–H and O–H groups in total. The van der Waals surface area contributed by atoms with Gasteiger partial charge in [0.1, 0.15) is 23.9 Å². The van der Waals surface area contributed by atoms with Crippen LogP contribution in [0.1, 0.15) is 44.4 Å². The maximum Gasteiger partial charge on any atom is 0.236 e. The lowest BCUT2D eigenvalue weighted by Gasteiger charge is -2.20. The van der Waals surface area contributed by atoms with Gasteiger partial charge < -0.3 is 25.2 Å². The summed E-state index contributed by atoms with van der Waals surface area (Å²) in [5.74, 6) is 1.37. The molecule has 1 saturated heterocycles. The molecule has 1 amide bonds. The minimum Gasteiger partial charge on any atom is -0.490 e. The molecule has 0 saturated carbocycles. The number of carbonyl (C=O) groups is 1. The first kappa shape index (κ1) is 23.9. The number of aliphatic hydroxyl groups is 1. The van der Waals surface area contributed by atoms with Gasteiger partial charge in [0.15, 0.2) is 5.82 Å². The number of likely N-dealkylation sites (N-methyl/N-ethyl adjacent to an activating group) is 1. The van der Waals surface area contributed by atoms with Crippen LogP contribution in [0.25, 0.3) is 11.5 Å². The Balaban J connectivity index is 0.000000509. The van der Waals surface area contributed by atoms with Gasteiger partial charge >= 0.3 is 0 Å². The maximum absolute atomic E-state index is 11.3. The molecule has 1 aliphatic heterocycles. The van der Waals surface area contributed by atoms with Crippen molar-refractivity contribution in [3.63, 3.8) is 0 Å². The van der Waals surface area contributed by atoms with Crippen molar-refractivity contribution in [2.45, 2.75) is 51.6 Å². The number of rotatable bonds is 7. The molecule has 4 rings (SSSR count). The van der Waals surface area contributed by atoms with Gasteiger partial charge in [0.2, 0.25) is 5.91 Å². The SMILES string of the molecule is C1CCOC1.CN(CC(N)=O)c1nc(-c2cc(OCC(C)(C)O)ccn2)nc2c1CCC2. The van der Waals surface area contributed by atoms with Gasteiger partial charge in [0.05, 0.1) is 12.1 Å². The predicted octanol–water partition coefficient (Wildman–Crippen LogP) is 1.90. The molecule has 0 spiro atoms. The number of carbonyl (C=O) groups excluding carboxylic acids is 1. The van der Waals surface area contributed by atoms with Crippen LogP contribution in [0.2, 0.25) is 0 Å². The second-order valence-electron chi connectivity index (χ2n) is 8.77. The Morgan fingerprint density at radius 2 is 2.00 bits per heavy atom. The third kappa shape index (κ3) is 6.86. The number of primary amides is 1. The summed E-state index contributed by atoms with van der Waals surface area (Å²) in [7, 11) is 1.80. The number of nitrogens with zero attached hydrogens (tertiary/aromatic N) is 4. The highest BCUT2D eigenvalue weighted by molar-refractivity contribution is 5.79. The number of pyridine rings is 1. The van der Waals surface area contributed by atoms with E-state index in [0.717, 1.165) is 49.6 Å². The maximum atomic E-state index is 11.3. The molecule has 0 radical (unpaired) electrons. The van der Waals surface area contributed by atoms with E-state index in [2.05, 4.69) is 15.0 Å². The van der Waals surface area contributed by atoms with Crippen LogP contribution in [0.5, 0.6) is 5.75 Å². The lowest BCUT2D eigenvalue weighted by atomic mass is 10.2. The topological polar surface area (TPSA) is 124 Å². The van der Waals surface area contributed by atoms with Gasteiger partial charge in [-0.2, -0.15) is 0 Å². The average molecular weight is 444 g/mol. The molecular weight excluding hydrogens is 410 g/mol. The predicted molar refractivity (Wildman–Crippen MR) is 122 cm³/mol. The Morgan fingerprint density at radius 3 is 2.62 bits per heavy atom. The van der Waals surface area contributed by atoms with Crippen LogP contribution in [0, 0.1) is 0 Å². The molecule has 0 aromatic carbocycles. The highest BCUT2D eigenvalue weighted by Gasteiger charge is 2.23. The molecule has 1 fully saturated rings. The van der Waals surface area contributed by atoms with E-state index in [-0.39, 0.29) is 13.2 Å². The van der Waals surface area contributed by atoms with Gasteiger partial charge in [-0.1, -0.05) is 0 Å². The molecule has 0 bridgehead atoms. The number of hydrogen-bond donors (Lipinski definition) is 2. The van der Waals surface area contributed by atoms with Crippen molar-refractivity contribution >= 4 is 11.7 Å². The number of aryl methyl sites for hydroxylation is 1. The number of hydrogen-bond acceptors (Lipinski definition) is 8. The molecule has 32 heavy (non-hydrogen) atoms. The highest BCUT2D eigenvalue weighted by atomic mass is 16.5. The van der Waals surface area contributed by atoms with Gasteiger partial charge in [0.25, 0.3) is 0 Å². The number of ether oxygens (including phenoxy) is 2. The van der Waals surface area contributed by atoms with Crippen molar-refractivity contribution in [3.05, 3.63) is 29.6 Å². The summed E-state index contributed by atoms with van der Waals surface area (Å²) >= 11 is 0. The van der Waals surface area contributed by atoms with E-state index in [1.54, 1.807) is 44.1 Å². The minimum atomic E-state index is -0.932. The largest absolute Gasteiger partial charge is 0.490 e. The third-order valence-corrected chi connectivity index (χ3v) is 5.05. The average Bonchev–Trinajstić information content (AvgIpc) is 3.45. The van der Waals surface area contributed by atoms with Crippen LogP contribution < -0.4 is 15.4 Å². The summed E-state index contributed by atoms with van der Waals surface area (Å²) < 4.78 is 10.6. The standard InChI is InChI=1S/C19H25N5O3.C4H8O/c1-19(2,26)11-27-12-7-8-21-15(9-12)17-22-14-6-4-5-13(14)18(23-17)24(3)10-16(20)25;1-2-4-5-3-1/h7-9,26H,4-6,10-11H2,1-3H3,(H2,20,25);1-4H2. The van der Waals surface area contributed by atoms with Crippen molar-refractivity contribution in [1.29, 1.82) is 0 Å². The third-order valence-electron chi connectivity index (χ3n) is 5.05. The monoisotopic (exact) mass is 443 g/mol. The van der Waals surface area contributed by atoms with Crippen LogP contribution in [0.3, 0.4) is 0 Å². The fourth-order valence-corrected chi connectivity index (χ4v) is 3.55. The second kappa shape index (κ2) is 10.7. The van der Waals surface area contributed by atoms with E-state index in [1.165, 1.54) is 12.8 Å². The van der Waals surface area contributed by atoms with Gasteiger partial charge in [-0.25, -0.2) is 9.97 Å². The molecule has 1 aliphatic carbocycles. The van der Waals surface area contributed by atoms with E-state index < -0.39 is 11.5 Å². The van der Waals surface area contributed by atoms with Crippen molar-refractivity contribution < 1.29 is 19.4 Å². The first-order valence-electron chi connectivity index (χ1n) is 11.0. The summed E-state index contributed by atoms with van der Waals surface area (Å²) in [6, 6.07) is 3.48. The molecule has 0 unspecified atom stereocenters. The van der Waals surface area contributed by atoms with Crippen LogP contribution in [0.15, 0.2) is 18.3 Å². The van der Waals surface area contributed by atoms with E-state index in [0.29, 0.717) is 17.3 Å². The normalized spacial score (nSPS) is 15.0. The summed E-state index contributed by atoms with van der Waals surface area (Å²) in [6.45, 7) is 5.61. The van der Waals surface area contributed by atoms with Crippen LogP contribution in [-0.4, -0.2) is 65.0 Å². The number of anilines is 1. The van der Waals surface area contributed by atoms with Gasteiger partial charge in [-0.15, -0.1) is 0 Å². The smallest absolute Gasteiger partial charge is 0.236 e. The molecule has 9 heteroatoms. The Bertz CT molecular complexity index is 917. The van der Waals surface area contributed by atoms with Gasteiger partial charge in [-0.3, -0.25) is 9.78 Å². The lowest BCUT2D eigenvalue weighted by Crippen LogP contribution is -2.32. The Morgan fingerprint density at radius 1 is 1.25 bits per heavy atom. The molecule has 3 heterocycles. The highest BCUT2D eigenvalue weighted by Crippen LogP contribution is 2.31. The number of fused-ring (bicyclic) bond motifs is 1. The summed E-state index contributed by atoms with van der Waals surface area (Å²) in [4.78, 5) is 26.8. The quantitative estimate of drug-likeness (QED) is 0.665. The molecular formula is C23H33N5O4. The van der Waals surface area contributed by atoms with Crippen molar-refractivity contribution in [2.75, 3.05) is 38.3 Å². The van der Waals surface area contributed by atoms with Gasteiger partial charge in [-0.05, 0) is 52.0 Å². The number of nitrogens with two attached hydrogens (primary N) is 1. The first-order valence-corrected chi connectivity index (χ1v) is 11.0. The van der Waals surface area contributed by atoms with Crippen molar-refractivity contribution in [1.82, 2.24) is 15.0 Å². The molecule has 174 valence electrons. The minimum absolute atomic E-state index is 0.0883. The molecule has 2 aliphatic rings. The Hall–Kier alpha value is -2.78. The second-order valence-corrected chi connectivity index (χ2v) is 8.77. The summed E-state index contributed by atoms with van der Waals surface area (Å²) in [6.07, 6.45) is 6.94. The molecule has 2 aromatic heterocycles. The Kier molecular flexibility index (Phi) is 7.98. The van der Waals surface area contributed by atoms with Crippen LogP contribution >= 0.6 is 0 Å². The van der Waals surface area contributed by atoms with Crippen LogP contribution in [-0.2, 0) is 22.4 Å². The Labute approximate surface area is 189 Å². The van der Waals surface area contributed by atoms with E-state index >= 15 is 0 Å². The van der Waals surface area contributed by atoms with E-state index in [9.17, 15) is 9.90 Å². The van der Waals surface area contributed by atoms with Crippen molar-refractivity contribution in [2.24, 2.45) is 5.73 Å².